The molecule has 0 aliphatic heterocycles. The number of ether oxygens (including phenoxy) is 1. The fraction of sp³-hybridized carbons (Fsp3) is 0.333. The van der Waals surface area contributed by atoms with Gasteiger partial charge in [0.25, 0.3) is 0 Å². The molecule has 0 unspecified atom stereocenters. The molecule has 5 nitrogen and oxygen atoms in total. The van der Waals surface area contributed by atoms with Crippen molar-refractivity contribution in [2.75, 3.05) is 12.4 Å². The minimum absolute atomic E-state index is 0.0259. The molecule has 0 aliphatic carbocycles. The second kappa shape index (κ2) is 9.43. The Bertz CT molecular complexity index is 1130. The number of aromatic nitrogens is 2. The third-order valence-electron chi connectivity index (χ3n) is 5.62. The molecule has 168 valence electrons. The van der Waals surface area contributed by atoms with Crippen molar-refractivity contribution in [2.45, 2.75) is 53.5 Å². The van der Waals surface area contributed by atoms with Gasteiger partial charge in [0.2, 0.25) is 5.91 Å². The predicted molar refractivity (Wildman–Crippen MR) is 131 cm³/mol. The highest BCUT2D eigenvalue weighted by Crippen LogP contribution is 2.31. The van der Waals surface area contributed by atoms with E-state index in [2.05, 4.69) is 62.4 Å². The molecule has 0 aliphatic rings. The lowest BCUT2D eigenvalue weighted by atomic mass is 9.87. The average molecular weight is 432 g/mol. The molecule has 1 heterocycles. The number of rotatable bonds is 6. The molecule has 1 aromatic heterocycles. The summed E-state index contributed by atoms with van der Waals surface area (Å²) >= 11 is 0. The van der Waals surface area contributed by atoms with Gasteiger partial charge in [-0.3, -0.25) is 9.48 Å². The molecular weight excluding hydrogens is 398 g/mol. The Labute approximate surface area is 191 Å². The number of carbonyl (C=O) groups is 1. The molecule has 0 spiro atoms. The maximum Gasteiger partial charge on any atom is 0.248 e. The Hall–Kier alpha value is -3.34. The Morgan fingerprint density at radius 2 is 1.78 bits per heavy atom. The molecule has 3 aromatic rings. The van der Waals surface area contributed by atoms with Gasteiger partial charge in [0.05, 0.1) is 25.0 Å². The van der Waals surface area contributed by atoms with Crippen LogP contribution in [0.15, 0.2) is 48.5 Å². The van der Waals surface area contributed by atoms with Gasteiger partial charge < -0.3 is 10.1 Å². The molecule has 1 amide bonds. The van der Waals surface area contributed by atoms with Crippen molar-refractivity contribution in [1.29, 1.82) is 0 Å². The number of nitrogens with one attached hydrogen (secondary N) is 1. The van der Waals surface area contributed by atoms with Crippen molar-refractivity contribution in [3.05, 3.63) is 82.2 Å². The van der Waals surface area contributed by atoms with E-state index in [4.69, 9.17) is 4.74 Å². The van der Waals surface area contributed by atoms with Crippen LogP contribution < -0.4 is 10.1 Å². The van der Waals surface area contributed by atoms with Crippen LogP contribution in [-0.2, 0) is 16.8 Å². The van der Waals surface area contributed by atoms with Crippen molar-refractivity contribution >= 4 is 17.7 Å². The monoisotopic (exact) mass is 431 g/mol. The van der Waals surface area contributed by atoms with Crippen LogP contribution in [0.25, 0.3) is 6.08 Å². The van der Waals surface area contributed by atoms with E-state index >= 15 is 0 Å². The summed E-state index contributed by atoms with van der Waals surface area (Å²) in [5.74, 6) is 0.428. The number of hydrogen-bond acceptors (Lipinski definition) is 3. The fourth-order valence-electron chi connectivity index (χ4n) is 3.58. The second-order valence-electron chi connectivity index (χ2n) is 9.22. The van der Waals surface area contributed by atoms with Crippen molar-refractivity contribution in [3.63, 3.8) is 0 Å². The van der Waals surface area contributed by atoms with Crippen molar-refractivity contribution in [1.82, 2.24) is 9.78 Å². The summed E-state index contributed by atoms with van der Waals surface area (Å²) in [7, 11) is 1.60. The van der Waals surface area contributed by atoms with Gasteiger partial charge in [0.1, 0.15) is 5.75 Å². The van der Waals surface area contributed by atoms with Crippen LogP contribution in [0.2, 0.25) is 0 Å². The smallest absolute Gasteiger partial charge is 0.248 e. The minimum atomic E-state index is -0.209. The number of carbonyl (C=O) groups excluding carboxylic acids is 1. The lowest BCUT2D eigenvalue weighted by Crippen LogP contribution is -2.14. The summed E-state index contributed by atoms with van der Waals surface area (Å²) in [5, 5.41) is 7.63. The Kier molecular flexibility index (Phi) is 6.87. The zero-order valence-corrected chi connectivity index (χ0v) is 20.1. The van der Waals surface area contributed by atoms with Gasteiger partial charge in [-0.2, -0.15) is 5.10 Å². The van der Waals surface area contributed by atoms with Gasteiger partial charge in [-0.1, -0.05) is 56.7 Å². The number of nitrogens with zero attached hydrogens (tertiary/aromatic N) is 2. The number of benzene rings is 2. The third kappa shape index (κ3) is 5.47. The number of anilines is 1. The van der Waals surface area contributed by atoms with Gasteiger partial charge in [-0.05, 0) is 55.5 Å². The second-order valence-corrected chi connectivity index (χ2v) is 9.22. The van der Waals surface area contributed by atoms with E-state index < -0.39 is 0 Å². The minimum Gasteiger partial charge on any atom is -0.495 e. The topological polar surface area (TPSA) is 56.1 Å². The first kappa shape index (κ1) is 23.3. The molecule has 0 saturated heterocycles. The molecule has 0 saturated carbocycles. The molecule has 0 bridgehead atoms. The average Bonchev–Trinajstić information content (AvgIpc) is 3.00. The first-order valence-corrected chi connectivity index (χ1v) is 10.9. The van der Waals surface area contributed by atoms with Crippen LogP contribution in [0.4, 0.5) is 5.69 Å². The highest BCUT2D eigenvalue weighted by Gasteiger charge is 2.17. The van der Waals surface area contributed by atoms with Crippen LogP contribution in [-0.4, -0.2) is 22.8 Å². The van der Waals surface area contributed by atoms with E-state index in [-0.39, 0.29) is 11.3 Å². The summed E-state index contributed by atoms with van der Waals surface area (Å²) in [6, 6.07) is 14.3. The van der Waals surface area contributed by atoms with Crippen LogP contribution >= 0.6 is 0 Å². The number of methoxy groups -OCH3 is 1. The van der Waals surface area contributed by atoms with E-state index in [0.29, 0.717) is 18.0 Å². The van der Waals surface area contributed by atoms with E-state index in [1.807, 2.05) is 42.8 Å². The van der Waals surface area contributed by atoms with Crippen LogP contribution in [0.1, 0.15) is 54.4 Å². The lowest BCUT2D eigenvalue weighted by molar-refractivity contribution is -0.111. The predicted octanol–water partition coefficient (Wildman–Crippen LogP) is 5.81. The SMILES string of the molecule is COc1ccc(C(C)(C)C)cc1NC(=O)/C=C/c1c(C)nn(Cc2ccc(C)cc2)c1C. The highest BCUT2D eigenvalue weighted by atomic mass is 16.5. The highest BCUT2D eigenvalue weighted by molar-refractivity contribution is 6.03. The standard InChI is InChI=1S/C27H33N3O2/c1-18-8-10-21(11-9-18)17-30-20(3)23(19(2)29-30)13-15-26(31)28-24-16-22(27(4,5)6)12-14-25(24)32-7/h8-16H,17H2,1-7H3,(H,28,31)/b15-13+. The molecular formula is C27H33N3O2. The van der Waals surface area contributed by atoms with Gasteiger partial charge in [0, 0.05) is 17.3 Å². The van der Waals surface area contributed by atoms with Gasteiger partial charge >= 0.3 is 0 Å². The first-order chi connectivity index (χ1) is 15.1. The van der Waals surface area contributed by atoms with E-state index in [1.54, 1.807) is 13.2 Å². The van der Waals surface area contributed by atoms with E-state index in [9.17, 15) is 4.79 Å². The summed E-state index contributed by atoms with van der Waals surface area (Å²) < 4.78 is 7.41. The normalized spacial score (nSPS) is 11.7. The fourth-order valence-corrected chi connectivity index (χ4v) is 3.58. The van der Waals surface area contributed by atoms with Crippen molar-refractivity contribution in [2.24, 2.45) is 0 Å². The molecule has 32 heavy (non-hydrogen) atoms. The van der Waals surface area contributed by atoms with Crippen molar-refractivity contribution < 1.29 is 9.53 Å². The summed E-state index contributed by atoms with van der Waals surface area (Å²) in [6.45, 7) is 13.2. The molecule has 0 atom stereocenters. The lowest BCUT2D eigenvalue weighted by Gasteiger charge is -2.21. The summed E-state index contributed by atoms with van der Waals surface area (Å²) in [4.78, 5) is 12.7. The number of amides is 1. The Morgan fingerprint density at radius 3 is 2.41 bits per heavy atom. The van der Waals surface area contributed by atoms with Gasteiger partial charge in [-0.15, -0.1) is 0 Å². The number of hydrogen-bond donors (Lipinski definition) is 1. The van der Waals surface area contributed by atoms with E-state index in [0.717, 1.165) is 22.5 Å². The maximum atomic E-state index is 12.7. The largest absolute Gasteiger partial charge is 0.495 e. The number of aryl methyl sites for hydroxylation is 2. The molecule has 3 rings (SSSR count). The van der Waals surface area contributed by atoms with Gasteiger partial charge in [-0.25, -0.2) is 0 Å². The maximum absolute atomic E-state index is 12.7. The molecule has 0 radical (unpaired) electrons. The molecule has 1 N–H and O–H groups in total. The summed E-state index contributed by atoms with van der Waals surface area (Å²) in [6.07, 6.45) is 3.38. The van der Waals surface area contributed by atoms with Crippen LogP contribution in [0.3, 0.4) is 0 Å². The third-order valence-corrected chi connectivity index (χ3v) is 5.62. The molecule has 0 fully saturated rings. The Balaban J connectivity index is 1.77. The van der Waals surface area contributed by atoms with E-state index in [1.165, 1.54) is 11.1 Å². The van der Waals surface area contributed by atoms with Crippen LogP contribution in [0.5, 0.6) is 5.75 Å². The first-order valence-electron chi connectivity index (χ1n) is 10.9. The molecule has 5 heteroatoms. The van der Waals surface area contributed by atoms with Gasteiger partial charge in [0.15, 0.2) is 0 Å². The quantitative estimate of drug-likeness (QED) is 0.501. The zero-order chi connectivity index (χ0) is 23.5. The van der Waals surface area contributed by atoms with Crippen LogP contribution in [0, 0.1) is 20.8 Å². The Morgan fingerprint density at radius 1 is 1.09 bits per heavy atom. The zero-order valence-electron chi connectivity index (χ0n) is 20.1. The summed E-state index contributed by atoms with van der Waals surface area (Å²) in [5.41, 5.74) is 7.08. The molecule has 2 aromatic carbocycles. The van der Waals surface area contributed by atoms with Crippen molar-refractivity contribution in [3.8, 4) is 5.75 Å².